The van der Waals surface area contributed by atoms with Gasteiger partial charge in [0.15, 0.2) is 5.78 Å². The van der Waals surface area contributed by atoms with Gasteiger partial charge in [0.2, 0.25) is 0 Å². The number of carbonyl (C=O) groups is 1. The second-order valence-electron chi connectivity index (χ2n) is 4.59. The first kappa shape index (κ1) is 15.1. The van der Waals surface area contributed by atoms with E-state index in [0.717, 1.165) is 6.42 Å². The van der Waals surface area contributed by atoms with Crippen LogP contribution >= 0.6 is 23.4 Å². The lowest BCUT2D eigenvalue weighted by atomic mass is 10.0. The van der Waals surface area contributed by atoms with Crippen molar-refractivity contribution in [1.82, 2.24) is 0 Å². The summed E-state index contributed by atoms with van der Waals surface area (Å²) in [5.41, 5.74) is 2.65. The SMILES string of the molecule is CCC(SC)c1ccc(C(=O)c2ccc(Cl)cc2)cc1. The quantitative estimate of drug-likeness (QED) is 0.689. The molecule has 2 rings (SSSR count). The van der Waals surface area contributed by atoms with Gasteiger partial charge < -0.3 is 0 Å². The summed E-state index contributed by atoms with van der Waals surface area (Å²) in [7, 11) is 0. The van der Waals surface area contributed by atoms with E-state index in [9.17, 15) is 4.79 Å². The van der Waals surface area contributed by atoms with Gasteiger partial charge in [-0.2, -0.15) is 11.8 Å². The van der Waals surface area contributed by atoms with Gasteiger partial charge >= 0.3 is 0 Å². The molecule has 0 bridgehead atoms. The predicted octanol–water partition coefficient (Wildman–Crippen LogP) is 5.39. The van der Waals surface area contributed by atoms with Crippen molar-refractivity contribution in [3.8, 4) is 0 Å². The zero-order chi connectivity index (χ0) is 14.5. The smallest absolute Gasteiger partial charge is 0.193 e. The van der Waals surface area contributed by atoms with E-state index in [2.05, 4.69) is 13.2 Å². The Bertz CT molecular complexity index is 571. The van der Waals surface area contributed by atoms with E-state index in [1.165, 1.54) is 5.56 Å². The summed E-state index contributed by atoms with van der Waals surface area (Å²) >= 11 is 7.67. The highest BCUT2D eigenvalue weighted by molar-refractivity contribution is 7.98. The highest BCUT2D eigenvalue weighted by Crippen LogP contribution is 2.29. The van der Waals surface area contributed by atoms with Crippen LogP contribution in [0.5, 0.6) is 0 Å². The lowest BCUT2D eigenvalue weighted by molar-refractivity contribution is 0.103. The van der Waals surface area contributed by atoms with Crippen LogP contribution in [0.25, 0.3) is 0 Å². The lowest BCUT2D eigenvalue weighted by Crippen LogP contribution is -2.01. The molecule has 0 saturated carbocycles. The Morgan fingerprint density at radius 3 is 2.00 bits per heavy atom. The minimum atomic E-state index is 0.0328. The topological polar surface area (TPSA) is 17.1 Å². The fraction of sp³-hybridized carbons (Fsp3) is 0.235. The molecule has 0 aliphatic carbocycles. The maximum absolute atomic E-state index is 12.3. The van der Waals surface area contributed by atoms with Crippen LogP contribution in [0.2, 0.25) is 5.02 Å². The monoisotopic (exact) mass is 304 g/mol. The van der Waals surface area contributed by atoms with Crippen LogP contribution in [0, 0.1) is 0 Å². The Balaban J connectivity index is 2.21. The van der Waals surface area contributed by atoms with E-state index < -0.39 is 0 Å². The predicted molar refractivity (Wildman–Crippen MR) is 87.9 cm³/mol. The number of benzene rings is 2. The molecule has 0 aromatic heterocycles. The standard InChI is InChI=1S/C17H17ClOS/c1-3-16(20-2)12-4-6-13(7-5-12)17(19)14-8-10-15(18)11-9-14/h4-11,16H,3H2,1-2H3. The summed E-state index contributed by atoms with van der Waals surface area (Å²) in [6.07, 6.45) is 3.20. The highest BCUT2D eigenvalue weighted by atomic mass is 35.5. The molecule has 0 fully saturated rings. The lowest BCUT2D eigenvalue weighted by Gasteiger charge is -2.12. The van der Waals surface area contributed by atoms with Crippen LogP contribution in [0.1, 0.15) is 40.1 Å². The van der Waals surface area contributed by atoms with Crippen LogP contribution in [-0.2, 0) is 0 Å². The van der Waals surface area contributed by atoms with E-state index >= 15 is 0 Å². The Kier molecular flexibility index (Phi) is 5.27. The molecule has 2 aromatic rings. The third kappa shape index (κ3) is 3.44. The molecule has 0 amide bonds. The van der Waals surface area contributed by atoms with Gasteiger partial charge in [-0.1, -0.05) is 42.8 Å². The van der Waals surface area contributed by atoms with Crippen molar-refractivity contribution >= 4 is 29.1 Å². The molecule has 1 nitrogen and oxygen atoms in total. The van der Waals surface area contributed by atoms with Gasteiger partial charge in [-0.15, -0.1) is 0 Å². The largest absolute Gasteiger partial charge is 0.289 e. The molecule has 0 aliphatic heterocycles. The third-order valence-electron chi connectivity index (χ3n) is 3.31. The van der Waals surface area contributed by atoms with Gasteiger partial charge in [-0.25, -0.2) is 0 Å². The molecule has 1 unspecified atom stereocenters. The van der Waals surface area contributed by atoms with Gasteiger partial charge in [0.25, 0.3) is 0 Å². The summed E-state index contributed by atoms with van der Waals surface area (Å²) in [6.45, 7) is 2.17. The average molecular weight is 305 g/mol. The molecule has 20 heavy (non-hydrogen) atoms. The third-order valence-corrected chi connectivity index (χ3v) is 4.73. The van der Waals surface area contributed by atoms with E-state index in [4.69, 9.17) is 11.6 Å². The first-order valence-corrected chi connectivity index (χ1v) is 8.25. The van der Waals surface area contributed by atoms with Gasteiger partial charge in [0, 0.05) is 21.4 Å². The summed E-state index contributed by atoms with van der Waals surface area (Å²) in [6, 6.07) is 14.9. The number of carbonyl (C=O) groups excluding carboxylic acids is 1. The summed E-state index contributed by atoms with van der Waals surface area (Å²) in [4.78, 5) is 12.3. The first-order chi connectivity index (χ1) is 9.65. The molecule has 3 heteroatoms. The van der Waals surface area contributed by atoms with Gasteiger partial charge in [-0.3, -0.25) is 4.79 Å². The molecule has 0 N–H and O–H groups in total. The van der Waals surface area contributed by atoms with E-state index in [1.807, 2.05) is 36.0 Å². The Labute approximate surface area is 129 Å². The Hall–Kier alpha value is -1.25. The first-order valence-electron chi connectivity index (χ1n) is 6.58. The summed E-state index contributed by atoms with van der Waals surface area (Å²) in [5.74, 6) is 0.0328. The maximum atomic E-state index is 12.3. The van der Waals surface area contributed by atoms with Gasteiger partial charge in [0.05, 0.1) is 0 Å². The fourth-order valence-electron chi connectivity index (χ4n) is 2.16. The summed E-state index contributed by atoms with van der Waals surface area (Å²) in [5, 5.41) is 1.14. The molecular weight excluding hydrogens is 288 g/mol. The van der Waals surface area contributed by atoms with Gasteiger partial charge in [-0.05, 0) is 42.5 Å². The molecule has 0 heterocycles. The minimum Gasteiger partial charge on any atom is -0.289 e. The Morgan fingerprint density at radius 2 is 1.55 bits per heavy atom. The maximum Gasteiger partial charge on any atom is 0.193 e. The summed E-state index contributed by atoms with van der Waals surface area (Å²) < 4.78 is 0. The Morgan fingerprint density at radius 1 is 1.05 bits per heavy atom. The van der Waals surface area contributed by atoms with Crippen LogP contribution in [0.3, 0.4) is 0 Å². The molecule has 0 aliphatic rings. The molecule has 0 radical (unpaired) electrons. The van der Waals surface area contributed by atoms with E-state index in [1.54, 1.807) is 24.3 Å². The number of thioether (sulfide) groups is 1. The van der Waals surface area contributed by atoms with Crippen molar-refractivity contribution in [3.05, 3.63) is 70.2 Å². The number of halogens is 1. The van der Waals surface area contributed by atoms with E-state index in [-0.39, 0.29) is 5.78 Å². The highest BCUT2D eigenvalue weighted by Gasteiger charge is 2.11. The molecule has 104 valence electrons. The van der Waals surface area contributed by atoms with Gasteiger partial charge in [0.1, 0.15) is 0 Å². The molecule has 0 spiro atoms. The van der Waals surface area contributed by atoms with E-state index in [0.29, 0.717) is 21.4 Å². The van der Waals surface area contributed by atoms with Crippen LogP contribution in [0.4, 0.5) is 0 Å². The second-order valence-corrected chi connectivity index (χ2v) is 6.07. The molecular formula is C17H17ClOS. The molecule has 2 aromatic carbocycles. The number of hydrogen-bond acceptors (Lipinski definition) is 2. The number of ketones is 1. The zero-order valence-electron chi connectivity index (χ0n) is 11.6. The van der Waals surface area contributed by atoms with Crippen molar-refractivity contribution in [2.24, 2.45) is 0 Å². The van der Waals surface area contributed by atoms with Crippen molar-refractivity contribution in [3.63, 3.8) is 0 Å². The minimum absolute atomic E-state index is 0.0328. The second kappa shape index (κ2) is 6.96. The fourth-order valence-corrected chi connectivity index (χ4v) is 3.04. The van der Waals surface area contributed by atoms with Crippen molar-refractivity contribution in [2.45, 2.75) is 18.6 Å². The van der Waals surface area contributed by atoms with Crippen LogP contribution in [-0.4, -0.2) is 12.0 Å². The van der Waals surface area contributed by atoms with Crippen molar-refractivity contribution in [2.75, 3.05) is 6.26 Å². The normalized spacial score (nSPS) is 12.2. The average Bonchev–Trinajstić information content (AvgIpc) is 2.49. The van der Waals surface area contributed by atoms with Crippen LogP contribution < -0.4 is 0 Å². The molecule has 1 atom stereocenters. The molecule has 0 saturated heterocycles. The number of rotatable bonds is 5. The number of hydrogen-bond donors (Lipinski definition) is 0. The zero-order valence-corrected chi connectivity index (χ0v) is 13.2. The van der Waals surface area contributed by atoms with Crippen molar-refractivity contribution in [1.29, 1.82) is 0 Å². The van der Waals surface area contributed by atoms with Crippen LogP contribution in [0.15, 0.2) is 48.5 Å². The van der Waals surface area contributed by atoms with Crippen molar-refractivity contribution < 1.29 is 4.79 Å².